The Hall–Kier alpha value is -3.42. The maximum Gasteiger partial charge on any atom is 0.339 e. The van der Waals surface area contributed by atoms with Gasteiger partial charge in [0.15, 0.2) is 11.9 Å². The topological polar surface area (TPSA) is 108 Å². The number of nitro groups is 1. The number of amides is 1. The normalized spacial score (nSPS) is 16.3. The predicted molar refractivity (Wildman–Crippen MR) is 105 cm³/mol. The van der Waals surface area contributed by atoms with Crippen LogP contribution in [-0.4, -0.2) is 30.0 Å². The molecule has 8 nitrogen and oxygen atoms in total. The van der Waals surface area contributed by atoms with Crippen molar-refractivity contribution in [3.05, 3.63) is 69.3 Å². The van der Waals surface area contributed by atoms with Gasteiger partial charge in [0.2, 0.25) is 0 Å². The molecule has 0 aromatic heterocycles. The summed E-state index contributed by atoms with van der Waals surface area (Å²) in [5.41, 5.74) is 1.91. The Morgan fingerprint density at radius 3 is 2.72 bits per heavy atom. The highest BCUT2D eigenvalue weighted by Crippen LogP contribution is 2.30. The lowest BCUT2D eigenvalue weighted by atomic mass is 9.87. The van der Waals surface area contributed by atoms with E-state index in [0.717, 1.165) is 30.9 Å². The van der Waals surface area contributed by atoms with Crippen molar-refractivity contribution < 1.29 is 24.0 Å². The van der Waals surface area contributed by atoms with E-state index in [-0.39, 0.29) is 23.0 Å². The first-order valence-electron chi connectivity index (χ1n) is 9.32. The number of carbonyl (C=O) groups excluding carboxylic acids is 2. The van der Waals surface area contributed by atoms with Crippen LogP contribution in [0.5, 0.6) is 5.75 Å². The van der Waals surface area contributed by atoms with Gasteiger partial charge in [-0.1, -0.05) is 24.3 Å². The average molecular weight is 398 g/mol. The minimum Gasteiger partial charge on any atom is -0.490 e. The molecule has 152 valence electrons. The zero-order valence-corrected chi connectivity index (χ0v) is 16.2. The summed E-state index contributed by atoms with van der Waals surface area (Å²) in [6, 6.07) is 11.6. The molecule has 3 rings (SSSR count). The first-order chi connectivity index (χ1) is 13.9. The molecule has 0 heterocycles. The Kier molecular flexibility index (Phi) is 6.11. The third-order valence-corrected chi connectivity index (χ3v) is 4.95. The lowest BCUT2D eigenvalue weighted by molar-refractivity contribution is -0.385. The number of rotatable bonds is 6. The number of hydrogen-bond donors (Lipinski definition) is 1. The number of fused-ring (bicyclic) bond motifs is 1. The van der Waals surface area contributed by atoms with Gasteiger partial charge in [-0.05, 0) is 49.4 Å². The second kappa shape index (κ2) is 8.72. The van der Waals surface area contributed by atoms with E-state index in [1.54, 1.807) is 0 Å². The van der Waals surface area contributed by atoms with Gasteiger partial charge in [0.25, 0.3) is 5.91 Å². The maximum absolute atomic E-state index is 12.5. The molecular formula is C21H22N2O6. The van der Waals surface area contributed by atoms with Crippen LogP contribution in [0, 0.1) is 10.1 Å². The first kappa shape index (κ1) is 20.3. The molecule has 0 aliphatic heterocycles. The van der Waals surface area contributed by atoms with Crippen LogP contribution >= 0.6 is 0 Å². The number of hydrogen-bond acceptors (Lipinski definition) is 6. The molecule has 0 fully saturated rings. The molecule has 1 amide bonds. The molecule has 1 N–H and O–H groups in total. The van der Waals surface area contributed by atoms with Crippen molar-refractivity contribution in [1.82, 2.24) is 5.32 Å². The van der Waals surface area contributed by atoms with Crippen LogP contribution in [0.3, 0.4) is 0 Å². The van der Waals surface area contributed by atoms with Crippen molar-refractivity contribution >= 4 is 17.6 Å². The summed E-state index contributed by atoms with van der Waals surface area (Å²) in [4.78, 5) is 35.4. The van der Waals surface area contributed by atoms with Gasteiger partial charge in [-0.15, -0.1) is 0 Å². The second-order valence-electron chi connectivity index (χ2n) is 6.84. The Morgan fingerprint density at radius 2 is 2.00 bits per heavy atom. The minimum atomic E-state index is -1.04. The number of nitrogens with zero attached hydrogens (tertiary/aromatic N) is 1. The Morgan fingerprint density at radius 1 is 1.24 bits per heavy atom. The summed E-state index contributed by atoms with van der Waals surface area (Å²) in [7, 11) is 1.30. The molecule has 0 radical (unpaired) electrons. The quantitative estimate of drug-likeness (QED) is 0.454. The van der Waals surface area contributed by atoms with Gasteiger partial charge in [0.1, 0.15) is 0 Å². The summed E-state index contributed by atoms with van der Waals surface area (Å²) < 4.78 is 10.1. The van der Waals surface area contributed by atoms with Crippen molar-refractivity contribution in [3.63, 3.8) is 0 Å². The van der Waals surface area contributed by atoms with Crippen molar-refractivity contribution in [2.24, 2.45) is 0 Å². The largest absolute Gasteiger partial charge is 0.490 e. The number of benzene rings is 2. The molecule has 0 saturated heterocycles. The third-order valence-electron chi connectivity index (χ3n) is 4.95. The number of esters is 1. The summed E-state index contributed by atoms with van der Waals surface area (Å²) in [6.07, 6.45) is 1.71. The standard InChI is InChI=1S/C21H22N2O6/c1-13(20(24)22-17-9-5-7-14-6-3-4-8-16(14)17)29-21(25)15-10-11-19(28-2)18(12-15)23(26)27/h3-4,6,8,10-13,17H,5,7,9H2,1-2H3,(H,22,24)/t13-,17+/m0/s1. The van der Waals surface area contributed by atoms with E-state index >= 15 is 0 Å². The highest BCUT2D eigenvalue weighted by atomic mass is 16.6. The molecule has 2 aromatic rings. The Bertz CT molecular complexity index is 943. The molecule has 8 heteroatoms. The number of methoxy groups -OCH3 is 1. The lowest BCUT2D eigenvalue weighted by Crippen LogP contribution is -2.39. The Balaban J connectivity index is 1.67. The van der Waals surface area contributed by atoms with E-state index in [1.807, 2.05) is 24.3 Å². The minimum absolute atomic E-state index is 0.0276. The monoisotopic (exact) mass is 398 g/mol. The molecule has 1 aliphatic carbocycles. The molecule has 1 aliphatic rings. The van der Waals surface area contributed by atoms with E-state index in [1.165, 1.54) is 31.7 Å². The zero-order valence-electron chi connectivity index (χ0n) is 16.2. The summed E-state index contributed by atoms with van der Waals surface area (Å²) >= 11 is 0. The van der Waals surface area contributed by atoms with E-state index in [4.69, 9.17) is 9.47 Å². The van der Waals surface area contributed by atoms with Crippen LogP contribution in [0.4, 0.5) is 5.69 Å². The third kappa shape index (κ3) is 4.53. The number of nitro benzene ring substituents is 1. The summed E-state index contributed by atoms with van der Waals surface area (Å²) in [6.45, 7) is 1.47. The fourth-order valence-corrected chi connectivity index (χ4v) is 3.43. The first-order valence-corrected chi connectivity index (χ1v) is 9.32. The fourth-order valence-electron chi connectivity index (χ4n) is 3.43. The number of aryl methyl sites for hydroxylation is 1. The number of ether oxygens (including phenoxy) is 2. The van der Waals surface area contributed by atoms with Crippen LogP contribution in [0.2, 0.25) is 0 Å². The highest BCUT2D eigenvalue weighted by molar-refractivity contribution is 5.93. The number of carbonyl (C=O) groups is 2. The lowest BCUT2D eigenvalue weighted by Gasteiger charge is -2.27. The SMILES string of the molecule is COc1ccc(C(=O)O[C@@H](C)C(=O)N[C@@H]2CCCc3ccccc32)cc1[N+](=O)[O-]. The Labute approximate surface area is 168 Å². The van der Waals surface area contributed by atoms with Gasteiger partial charge in [-0.2, -0.15) is 0 Å². The van der Waals surface area contributed by atoms with Crippen molar-refractivity contribution in [2.45, 2.75) is 38.3 Å². The van der Waals surface area contributed by atoms with Crippen LogP contribution in [0.25, 0.3) is 0 Å². The van der Waals surface area contributed by atoms with Crippen molar-refractivity contribution in [3.8, 4) is 5.75 Å². The molecule has 0 saturated carbocycles. The average Bonchev–Trinajstić information content (AvgIpc) is 2.73. The second-order valence-corrected chi connectivity index (χ2v) is 6.84. The van der Waals surface area contributed by atoms with E-state index in [9.17, 15) is 19.7 Å². The van der Waals surface area contributed by atoms with Crippen LogP contribution in [0.1, 0.15) is 47.3 Å². The summed E-state index contributed by atoms with van der Waals surface area (Å²) in [5, 5.41) is 14.1. The van der Waals surface area contributed by atoms with Crippen LogP contribution in [-0.2, 0) is 16.0 Å². The number of nitrogens with one attached hydrogen (secondary N) is 1. The molecule has 29 heavy (non-hydrogen) atoms. The van der Waals surface area contributed by atoms with Gasteiger partial charge < -0.3 is 14.8 Å². The maximum atomic E-state index is 12.5. The van der Waals surface area contributed by atoms with Crippen molar-refractivity contribution in [1.29, 1.82) is 0 Å². The van der Waals surface area contributed by atoms with Crippen LogP contribution < -0.4 is 10.1 Å². The molecule has 2 aromatic carbocycles. The van der Waals surface area contributed by atoms with Gasteiger partial charge in [0, 0.05) is 6.07 Å². The van der Waals surface area contributed by atoms with E-state index in [2.05, 4.69) is 5.32 Å². The van der Waals surface area contributed by atoms with Gasteiger partial charge in [-0.3, -0.25) is 14.9 Å². The molecule has 2 atom stereocenters. The predicted octanol–water partition coefficient (Wildman–Crippen LogP) is 3.34. The van der Waals surface area contributed by atoms with Gasteiger partial charge in [0.05, 0.1) is 23.6 Å². The molecule has 0 bridgehead atoms. The van der Waals surface area contributed by atoms with E-state index in [0.29, 0.717) is 0 Å². The van der Waals surface area contributed by atoms with Crippen molar-refractivity contribution in [2.75, 3.05) is 7.11 Å². The fraction of sp³-hybridized carbons (Fsp3) is 0.333. The highest BCUT2D eigenvalue weighted by Gasteiger charge is 2.26. The molecule has 0 spiro atoms. The molecular weight excluding hydrogens is 376 g/mol. The van der Waals surface area contributed by atoms with Gasteiger partial charge in [-0.25, -0.2) is 4.79 Å². The summed E-state index contributed by atoms with van der Waals surface area (Å²) in [5.74, 6) is -1.20. The smallest absolute Gasteiger partial charge is 0.339 e. The molecule has 0 unspecified atom stereocenters. The van der Waals surface area contributed by atoms with E-state index < -0.39 is 22.9 Å². The van der Waals surface area contributed by atoms with Gasteiger partial charge >= 0.3 is 11.7 Å². The zero-order chi connectivity index (χ0) is 21.0. The van der Waals surface area contributed by atoms with Crippen LogP contribution in [0.15, 0.2) is 42.5 Å².